The Morgan fingerprint density at radius 1 is 1.30 bits per heavy atom. The number of nitrogens with zero attached hydrogens (tertiary/aromatic N) is 3. The normalized spacial score (nSPS) is 15.0. The predicted octanol–water partition coefficient (Wildman–Crippen LogP) is 3.26. The fourth-order valence-corrected chi connectivity index (χ4v) is 2.77. The Balaban J connectivity index is 1.76. The van der Waals surface area contributed by atoms with Gasteiger partial charge in [0.25, 0.3) is 0 Å². The molecular formula is C18H24N4O. The molecule has 5 heteroatoms. The standard InChI is InChI=1S/C18H24N4O/c1-4-13(2)20-18-19-9-7-17(21-18)22-10-8-14-11-16(23-3)6-5-15(14)12-22/h5-7,9,11,13H,4,8,10,12H2,1-3H3,(H,19,20,21)/t13-/m0/s1. The van der Waals surface area contributed by atoms with Crippen molar-refractivity contribution >= 4 is 11.8 Å². The maximum Gasteiger partial charge on any atom is 0.224 e. The van der Waals surface area contributed by atoms with Gasteiger partial charge in [-0.25, -0.2) is 4.98 Å². The number of nitrogens with one attached hydrogen (secondary N) is 1. The van der Waals surface area contributed by atoms with Crippen LogP contribution in [0.1, 0.15) is 31.4 Å². The van der Waals surface area contributed by atoms with Crippen LogP contribution in [-0.2, 0) is 13.0 Å². The molecule has 5 nitrogen and oxygen atoms in total. The average molecular weight is 312 g/mol. The molecule has 2 aromatic rings. The number of hydrogen-bond acceptors (Lipinski definition) is 5. The molecule has 1 aliphatic rings. The van der Waals surface area contributed by atoms with Crippen LogP contribution < -0.4 is 15.0 Å². The molecule has 122 valence electrons. The van der Waals surface area contributed by atoms with Gasteiger partial charge in [0.05, 0.1) is 7.11 Å². The molecule has 1 aromatic carbocycles. The van der Waals surface area contributed by atoms with Crippen molar-refractivity contribution in [2.24, 2.45) is 0 Å². The van der Waals surface area contributed by atoms with Crippen LogP contribution in [0, 0.1) is 0 Å². The summed E-state index contributed by atoms with van der Waals surface area (Å²) in [5, 5.41) is 3.34. The lowest BCUT2D eigenvalue weighted by Crippen LogP contribution is -2.31. The second-order valence-corrected chi connectivity index (χ2v) is 6.00. The summed E-state index contributed by atoms with van der Waals surface area (Å²) in [5.41, 5.74) is 2.71. The zero-order chi connectivity index (χ0) is 16.2. The van der Waals surface area contributed by atoms with Gasteiger partial charge in [-0.2, -0.15) is 4.98 Å². The van der Waals surface area contributed by atoms with Gasteiger partial charge in [0.1, 0.15) is 11.6 Å². The van der Waals surface area contributed by atoms with Crippen molar-refractivity contribution in [2.75, 3.05) is 23.9 Å². The first-order valence-electron chi connectivity index (χ1n) is 8.20. The predicted molar refractivity (Wildman–Crippen MR) is 93.2 cm³/mol. The Morgan fingerprint density at radius 2 is 2.17 bits per heavy atom. The summed E-state index contributed by atoms with van der Waals surface area (Å²) in [6, 6.07) is 8.68. The van der Waals surface area contributed by atoms with Gasteiger partial charge in [-0.3, -0.25) is 0 Å². The molecule has 0 spiro atoms. The summed E-state index contributed by atoms with van der Waals surface area (Å²) >= 11 is 0. The van der Waals surface area contributed by atoms with Crippen LogP contribution in [0.4, 0.5) is 11.8 Å². The molecule has 0 aliphatic carbocycles. The molecule has 23 heavy (non-hydrogen) atoms. The van der Waals surface area contributed by atoms with E-state index in [9.17, 15) is 0 Å². The number of fused-ring (bicyclic) bond motifs is 1. The van der Waals surface area contributed by atoms with E-state index in [-0.39, 0.29) is 0 Å². The number of ether oxygens (including phenoxy) is 1. The molecule has 0 saturated carbocycles. The van der Waals surface area contributed by atoms with E-state index >= 15 is 0 Å². The van der Waals surface area contributed by atoms with Gasteiger partial charge in [0.15, 0.2) is 0 Å². The fourth-order valence-electron chi connectivity index (χ4n) is 2.77. The molecule has 0 bridgehead atoms. The van der Waals surface area contributed by atoms with Crippen LogP contribution in [0.3, 0.4) is 0 Å². The monoisotopic (exact) mass is 312 g/mol. The lowest BCUT2D eigenvalue weighted by Gasteiger charge is -2.30. The molecule has 1 atom stereocenters. The molecule has 1 aliphatic heterocycles. The smallest absolute Gasteiger partial charge is 0.224 e. The highest BCUT2D eigenvalue weighted by molar-refractivity contribution is 5.48. The number of hydrogen-bond donors (Lipinski definition) is 1. The highest BCUT2D eigenvalue weighted by Gasteiger charge is 2.18. The van der Waals surface area contributed by atoms with Crippen molar-refractivity contribution in [3.63, 3.8) is 0 Å². The van der Waals surface area contributed by atoms with E-state index in [4.69, 9.17) is 4.74 Å². The third-order valence-corrected chi connectivity index (χ3v) is 4.38. The zero-order valence-electron chi connectivity index (χ0n) is 14.0. The summed E-state index contributed by atoms with van der Waals surface area (Å²) in [6.45, 7) is 6.12. The first-order chi connectivity index (χ1) is 11.2. The lowest BCUT2D eigenvalue weighted by atomic mass is 9.99. The molecule has 0 unspecified atom stereocenters. The van der Waals surface area contributed by atoms with Gasteiger partial charge >= 0.3 is 0 Å². The Hall–Kier alpha value is -2.30. The number of methoxy groups -OCH3 is 1. The van der Waals surface area contributed by atoms with E-state index in [0.29, 0.717) is 12.0 Å². The second kappa shape index (κ2) is 6.86. The third kappa shape index (κ3) is 3.55. The summed E-state index contributed by atoms with van der Waals surface area (Å²) in [4.78, 5) is 11.3. The third-order valence-electron chi connectivity index (χ3n) is 4.38. The van der Waals surface area contributed by atoms with E-state index < -0.39 is 0 Å². The summed E-state index contributed by atoms with van der Waals surface area (Å²) in [6.07, 6.45) is 3.88. The quantitative estimate of drug-likeness (QED) is 0.918. The second-order valence-electron chi connectivity index (χ2n) is 6.00. The summed E-state index contributed by atoms with van der Waals surface area (Å²) in [5.74, 6) is 2.61. The van der Waals surface area contributed by atoms with Gasteiger partial charge in [-0.05, 0) is 49.1 Å². The number of rotatable bonds is 5. The van der Waals surface area contributed by atoms with Gasteiger partial charge < -0.3 is 15.0 Å². The molecule has 3 rings (SSSR count). The highest BCUT2D eigenvalue weighted by Crippen LogP contribution is 2.26. The van der Waals surface area contributed by atoms with Crippen molar-refractivity contribution in [2.45, 2.75) is 39.3 Å². The Morgan fingerprint density at radius 3 is 2.96 bits per heavy atom. The summed E-state index contributed by atoms with van der Waals surface area (Å²) < 4.78 is 5.31. The molecule has 1 N–H and O–H groups in total. The topological polar surface area (TPSA) is 50.3 Å². The zero-order valence-corrected chi connectivity index (χ0v) is 14.0. The Kier molecular flexibility index (Phi) is 4.65. The molecule has 0 fully saturated rings. The first-order valence-corrected chi connectivity index (χ1v) is 8.20. The van der Waals surface area contributed by atoms with Crippen LogP contribution in [-0.4, -0.2) is 29.7 Å². The molecule has 1 aromatic heterocycles. The fraction of sp³-hybridized carbons (Fsp3) is 0.444. The SMILES string of the molecule is CC[C@H](C)Nc1nccc(N2CCc3cc(OC)ccc3C2)n1. The number of anilines is 2. The number of aromatic nitrogens is 2. The van der Waals surface area contributed by atoms with Crippen LogP contribution in [0.5, 0.6) is 5.75 Å². The van der Waals surface area contributed by atoms with Gasteiger partial charge in [0.2, 0.25) is 5.95 Å². The van der Waals surface area contributed by atoms with E-state index in [1.165, 1.54) is 11.1 Å². The molecular weight excluding hydrogens is 288 g/mol. The van der Waals surface area contributed by atoms with E-state index in [0.717, 1.165) is 37.5 Å². The lowest BCUT2D eigenvalue weighted by molar-refractivity contribution is 0.413. The van der Waals surface area contributed by atoms with E-state index in [2.05, 4.69) is 46.2 Å². The Bertz CT molecular complexity index is 674. The molecule has 0 radical (unpaired) electrons. The molecule has 2 heterocycles. The molecule has 0 amide bonds. The molecule has 0 saturated heterocycles. The van der Waals surface area contributed by atoms with Crippen LogP contribution >= 0.6 is 0 Å². The van der Waals surface area contributed by atoms with Crippen molar-refractivity contribution in [3.8, 4) is 5.75 Å². The van der Waals surface area contributed by atoms with E-state index in [1.807, 2.05) is 18.3 Å². The maximum atomic E-state index is 5.31. The van der Waals surface area contributed by atoms with Gasteiger partial charge in [-0.1, -0.05) is 13.0 Å². The van der Waals surface area contributed by atoms with Crippen LogP contribution in [0.25, 0.3) is 0 Å². The van der Waals surface area contributed by atoms with Crippen LogP contribution in [0.15, 0.2) is 30.5 Å². The van der Waals surface area contributed by atoms with Crippen molar-refractivity contribution in [1.82, 2.24) is 9.97 Å². The van der Waals surface area contributed by atoms with Crippen molar-refractivity contribution in [3.05, 3.63) is 41.6 Å². The highest BCUT2D eigenvalue weighted by atomic mass is 16.5. The minimum absolute atomic E-state index is 0.375. The minimum atomic E-state index is 0.375. The maximum absolute atomic E-state index is 5.31. The van der Waals surface area contributed by atoms with Crippen LogP contribution in [0.2, 0.25) is 0 Å². The van der Waals surface area contributed by atoms with Gasteiger partial charge in [0, 0.05) is 25.3 Å². The average Bonchev–Trinajstić information content (AvgIpc) is 2.60. The van der Waals surface area contributed by atoms with E-state index in [1.54, 1.807) is 7.11 Å². The Labute approximate surface area is 137 Å². The number of benzene rings is 1. The van der Waals surface area contributed by atoms with Crippen molar-refractivity contribution in [1.29, 1.82) is 0 Å². The summed E-state index contributed by atoms with van der Waals surface area (Å²) in [7, 11) is 1.71. The largest absolute Gasteiger partial charge is 0.497 e. The minimum Gasteiger partial charge on any atom is -0.497 e. The van der Waals surface area contributed by atoms with Crippen molar-refractivity contribution < 1.29 is 4.74 Å². The van der Waals surface area contributed by atoms with Gasteiger partial charge in [-0.15, -0.1) is 0 Å². The first kappa shape index (κ1) is 15.6.